The molecule has 10 aromatic carbocycles. The second-order valence-electron chi connectivity index (χ2n) is 16.1. The van der Waals surface area contributed by atoms with E-state index in [1.165, 1.54) is 44.5 Å². The maximum Gasteiger partial charge on any atom is 0.136 e. The summed E-state index contributed by atoms with van der Waals surface area (Å²) in [6, 6.07) is 93.1. The van der Waals surface area contributed by atoms with Gasteiger partial charge in [0.1, 0.15) is 11.3 Å². The third-order valence-corrected chi connectivity index (χ3v) is 12.2. The molecule has 2 heteroatoms. The summed E-state index contributed by atoms with van der Waals surface area (Å²) < 4.78 is 6.29. The molecule has 11 rings (SSSR count). The normalized spacial score (nSPS) is 11.1. The van der Waals surface area contributed by atoms with E-state index in [0.717, 1.165) is 61.6 Å². The number of furan rings is 1. The molecule has 0 N–H and O–H groups in total. The van der Waals surface area contributed by atoms with Crippen molar-refractivity contribution in [1.82, 2.24) is 0 Å². The molecule has 0 aliphatic heterocycles. The number of rotatable bonds is 10. The van der Waals surface area contributed by atoms with Crippen molar-refractivity contribution < 1.29 is 4.42 Å². The molecule has 1 heterocycles. The molecule has 0 radical (unpaired) electrons. The Balaban J connectivity index is 0.919. The number of fused-ring (bicyclic) bond motifs is 1. The number of para-hydroxylation sites is 1. The average molecular weight is 818 g/mol. The van der Waals surface area contributed by atoms with Crippen molar-refractivity contribution in [3.63, 3.8) is 0 Å². The van der Waals surface area contributed by atoms with Crippen LogP contribution in [0.25, 0.3) is 89.1 Å². The SMILES string of the molecule is c1ccc(-c2ccc(N(c3ccc(-c4ccc(-c5ccccc5-c5cc6ccccc6o5)cc4)cc3)c3ccc(-c4ccccc4-c4ccccc4-c4ccccc4)cc3)cc2)cc1. The Bertz CT molecular complexity index is 3300. The average Bonchev–Trinajstić information content (AvgIpc) is 3.82. The quantitative estimate of drug-likeness (QED) is 0.137. The topological polar surface area (TPSA) is 16.4 Å². The third-order valence-electron chi connectivity index (χ3n) is 12.2. The van der Waals surface area contributed by atoms with Gasteiger partial charge in [-0.15, -0.1) is 0 Å². The second kappa shape index (κ2) is 17.1. The molecular formula is C62H43NO. The largest absolute Gasteiger partial charge is 0.456 e. The van der Waals surface area contributed by atoms with Crippen LogP contribution >= 0.6 is 0 Å². The highest BCUT2D eigenvalue weighted by atomic mass is 16.3. The standard InChI is InChI=1S/C62H43NO/c1-3-15-44(16-4-1)46-31-37-52(38-32-46)63(54-41-35-50(36-42-54)56-21-9-12-24-59(56)58-23-11-8-20-55(58)48-17-5-2-6-18-48)53-39-33-47(34-40-53)45-27-29-49(30-28-45)57-22-10-13-25-60(57)62-43-51-19-7-14-26-61(51)64-62/h1-43H. The van der Waals surface area contributed by atoms with Gasteiger partial charge in [-0.3, -0.25) is 0 Å². The fourth-order valence-electron chi connectivity index (χ4n) is 8.94. The van der Waals surface area contributed by atoms with Crippen LogP contribution in [0.5, 0.6) is 0 Å². The van der Waals surface area contributed by atoms with Crippen molar-refractivity contribution in [1.29, 1.82) is 0 Å². The van der Waals surface area contributed by atoms with Crippen LogP contribution < -0.4 is 4.90 Å². The molecule has 0 spiro atoms. The molecule has 0 bridgehead atoms. The Labute approximate surface area is 374 Å². The van der Waals surface area contributed by atoms with Gasteiger partial charge < -0.3 is 9.32 Å². The first-order chi connectivity index (χ1) is 31.7. The molecule has 302 valence electrons. The predicted octanol–water partition coefficient (Wildman–Crippen LogP) is 17.6. The fourth-order valence-corrected chi connectivity index (χ4v) is 8.94. The summed E-state index contributed by atoms with van der Waals surface area (Å²) in [5.41, 5.74) is 19.4. The number of hydrogen-bond acceptors (Lipinski definition) is 2. The summed E-state index contributed by atoms with van der Waals surface area (Å²) in [5.74, 6) is 0.875. The third kappa shape index (κ3) is 7.59. The Morgan fingerprint density at radius 2 is 0.547 bits per heavy atom. The smallest absolute Gasteiger partial charge is 0.136 e. The van der Waals surface area contributed by atoms with Crippen LogP contribution in [0.3, 0.4) is 0 Å². The predicted molar refractivity (Wildman–Crippen MR) is 269 cm³/mol. The molecule has 0 fully saturated rings. The van der Waals surface area contributed by atoms with Gasteiger partial charge in [0.05, 0.1) is 0 Å². The highest BCUT2D eigenvalue weighted by Gasteiger charge is 2.17. The molecule has 64 heavy (non-hydrogen) atoms. The fraction of sp³-hybridized carbons (Fsp3) is 0. The number of anilines is 3. The summed E-state index contributed by atoms with van der Waals surface area (Å²) in [6.45, 7) is 0. The van der Waals surface area contributed by atoms with E-state index < -0.39 is 0 Å². The zero-order chi connectivity index (χ0) is 42.7. The van der Waals surface area contributed by atoms with Gasteiger partial charge >= 0.3 is 0 Å². The van der Waals surface area contributed by atoms with Crippen LogP contribution in [-0.2, 0) is 0 Å². The van der Waals surface area contributed by atoms with Crippen molar-refractivity contribution in [2.45, 2.75) is 0 Å². The summed E-state index contributed by atoms with van der Waals surface area (Å²) in [6.07, 6.45) is 0. The molecule has 11 aromatic rings. The number of nitrogens with zero attached hydrogens (tertiary/aromatic N) is 1. The molecule has 0 unspecified atom stereocenters. The Kier molecular flexibility index (Phi) is 10.3. The summed E-state index contributed by atoms with van der Waals surface area (Å²) >= 11 is 0. The zero-order valence-corrected chi connectivity index (χ0v) is 35.2. The van der Waals surface area contributed by atoms with Gasteiger partial charge in [0.25, 0.3) is 0 Å². The molecule has 0 amide bonds. The maximum absolute atomic E-state index is 6.29. The van der Waals surface area contributed by atoms with E-state index in [0.29, 0.717) is 0 Å². The van der Waals surface area contributed by atoms with Crippen LogP contribution in [0.4, 0.5) is 17.1 Å². The summed E-state index contributed by atoms with van der Waals surface area (Å²) in [7, 11) is 0. The molecule has 0 atom stereocenters. The van der Waals surface area contributed by atoms with Crippen molar-refractivity contribution in [3.05, 3.63) is 261 Å². The lowest BCUT2D eigenvalue weighted by Crippen LogP contribution is -2.09. The molecule has 2 nitrogen and oxygen atoms in total. The second-order valence-corrected chi connectivity index (χ2v) is 16.1. The van der Waals surface area contributed by atoms with Crippen molar-refractivity contribution in [3.8, 4) is 78.1 Å². The van der Waals surface area contributed by atoms with E-state index in [1.807, 2.05) is 18.2 Å². The molecular weight excluding hydrogens is 775 g/mol. The first kappa shape index (κ1) is 38.5. The lowest BCUT2D eigenvalue weighted by Gasteiger charge is -2.26. The van der Waals surface area contributed by atoms with Crippen LogP contribution in [0.15, 0.2) is 265 Å². The minimum absolute atomic E-state index is 0.875. The summed E-state index contributed by atoms with van der Waals surface area (Å²) in [4.78, 5) is 2.34. The van der Waals surface area contributed by atoms with E-state index in [-0.39, 0.29) is 0 Å². The van der Waals surface area contributed by atoms with Gasteiger partial charge in [-0.25, -0.2) is 0 Å². The first-order valence-electron chi connectivity index (χ1n) is 21.8. The van der Waals surface area contributed by atoms with Gasteiger partial charge in [0.2, 0.25) is 0 Å². The van der Waals surface area contributed by atoms with E-state index in [4.69, 9.17) is 4.42 Å². The van der Waals surface area contributed by atoms with Crippen LogP contribution in [-0.4, -0.2) is 0 Å². The zero-order valence-electron chi connectivity index (χ0n) is 35.2. The Hall–Kier alpha value is -8.46. The lowest BCUT2D eigenvalue weighted by molar-refractivity contribution is 0.632. The van der Waals surface area contributed by atoms with Crippen molar-refractivity contribution in [2.24, 2.45) is 0 Å². The highest BCUT2D eigenvalue weighted by Crippen LogP contribution is 2.42. The maximum atomic E-state index is 6.29. The van der Waals surface area contributed by atoms with E-state index in [1.54, 1.807) is 0 Å². The van der Waals surface area contributed by atoms with Gasteiger partial charge in [-0.1, -0.05) is 212 Å². The Morgan fingerprint density at radius 3 is 1.03 bits per heavy atom. The monoisotopic (exact) mass is 817 g/mol. The van der Waals surface area contributed by atoms with Gasteiger partial charge in [-0.2, -0.15) is 0 Å². The van der Waals surface area contributed by atoms with E-state index >= 15 is 0 Å². The molecule has 0 saturated heterocycles. The van der Waals surface area contributed by atoms with Crippen molar-refractivity contribution >= 4 is 28.0 Å². The first-order valence-corrected chi connectivity index (χ1v) is 21.8. The molecule has 1 aromatic heterocycles. The number of benzene rings is 10. The molecule has 0 aliphatic carbocycles. The lowest BCUT2D eigenvalue weighted by atomic mass is 9.89. The van der Waals surface area contributed by atoms with E-state index in [2.05, 4.69) is 248 Å². The minimum Gasteiger partial charge on any atom is -0.456 e. The van der Waals surface area contributed by atoms with Crippen molar-refractivity contribution in [2.75, 3.05) is 4.90 Å². The Morgan fingerprint density at radius 1 is 0.234 bits per heavy atom. The van der Waals surface area contributed by atoms with E-state index in [9.17, 15) is 0 Å². The van der Waals surface area contributed by atoms with Crippen LogP contribution in [0.2, 0.25) is 0 Å². The van der Waals surface area contributed by atoms with Gasteiger partial charge in [0, 0.05) is 28.0 Å². The number of hydrogen-bond donors (Lipinski definition) is 0. The minimum atomic E-state index is 0.875. The van der Waals surface area contributed by atoms with Gasteiger partial charge in [0.15, 0.2) is 0 Å². The van der Waals surface area contributed by atoms with Crippen LogP contribution in [0.1, 0.15) is 0 Å². The molecule has 0 aliphatic rings. The molecule has 0 saturated carbocycles. The van der Waals surface area contributed by atoms with Crippen LogP contribution in [0, 0.1) is 0 Å². The summed E-state index contributed by atoms with van der Waals surface area (Å²) in [5, 5.41) is 1.10. The van der Waals surface area contributed by atoms with Gasteiger partial charge in [-0.05, 0) is 115 Å². The highest BCUT2D eigenvalue weighted by molar-refractivity contribution is 5.93.